The number of nitrogens with zero attached hydrogens (tertiary/aromatic N) is 4. The molecule has 150 valence electrons. The first-order valence-electron chi connectivity index (χ1n) is 9.57. The fraction of sp³-hybridized carbons (Fsp3) is 0.684. The summed E-state index contributed by atoms with van der Waals surface area (Å²) in [6.07, 6.45) is -0.199. The van der Waals surface area contributed by atoms with E-state index in [4.69, 9.17) is 0 Å². The van der Waals surface area contributed by atoms with Crippen molar-refractivity contribution in [3.63, 3.8) is 0 Å². The van der Waals surface area contributed by atoms with E-state index in [2.05, 4.69) is 23.7 Å². The highest BCUT2D eigenvalue weighted by Gasteiger charge is 2.32. The zero-order valence-corrected chi connectivity index (χ0v) is 15.9. The number of alkyl halides is 3. The number of rotatable bonds is 3. The molecule has 0 saturated carbocycles. The van der Waals surface area contributed by atoms with Crippen molar-refractivity contribution in [1.29, 1.82) is 0 Å². The number of pyridine rings is 1. The third-order valence-electron chi connectivity index (χ3n) is 5.61. The molecule has 2 saturated heterocycles. The number of piperidine rings is 1. The van der Waals surface area contributed by atoms with Crippen LogP contribution in [0.3, 0.4) is 0 Å². The Bertz CT molecular complexity index is 631. The number of piperazine rings is 1. The summed E-state index contributed by atoms with van der Waals surface area (Å²) in [7, 11) is 0. The summed E-state index contributed by atoms with van der Waals surface area (Å²) in [5.74, 6) is 0.725. The van der Waals surface area contributed by atoms with Gasteiger partial charge in [0.05, 0.1) is 12.1 Å². The summed E-state index contributed by atoms with van der Waals surface area (Å²) in [6, 6.07) is 3.07. The summed E-state index contributed by atoms with van der Waals surface area (Å²) < 4.78 is 37.9. The van der Waals surface area contributed by atoms with Crippen LogP contribution in [0.5, 0.6) is 0 Å². The zero-order valence-electron chi connectivity index (χ0n) is 15.9. The molecule has 3 rings (SSSR count). The number of carbonyl (C=O) groups excluding carboxylic acids is 1. The van der Waals surface area contributed by atoms with Crippen molar-refractivity contribution in [3.05, 3.63) is 23.9 Å². The molecule has 2 aliphatic rings. The Labute approximate surface area is 158 Å². The second-order valence-corrected chi connectivity index (χ2v) is 7.60. The molecule has 0 aromatic carbocycles. The van der Waals surface area contributed by atoms with Crippen LogP contribution in [-0.4, -0.2) is 65.5 Å². The van der Waals surface area contributed by atoms with Crippen molar-refractivity contribution in [2.45, 2.75) is 51.4 Å². The number of likely N-dealkylation sites (tertiary alicyclic amines) is 1. The summed E-state index contributed by atoms with van der Waals surface area (Å²) in [4.78, 5) is 22.8. The predicted octanol–water partition coefficient (Wildman–Crippen LogP) is 3.01. The highest BCUT2D eigenvalue weighted by Crippen LogP contribution is 2.29. The minimum atomic E-state index is -4.37. The maximum absolute atomic E-state index is 12.7. The van der Waals surface area contributed by atoms with Gasteiger partial charge in [-0.15, -0.1) is 0 Å². The second kappa shape index (κ2) is 8.04. The number of halogens is 3. The molecule has 2 aliphatic heterocycles. The number of hydrogen-bond donors (Lipinski definition) is 0. The highest BCUT2D eigenvalue weighted by atomic mass is 19.4. The quantitative estimate of drug-likeness (QED) is 0.803. The standard InChI is InChI=1S/C19H27F3N4O/c1-14-4-3-5-15(2)26(14)18(27)13-24-8-10-25(11-9-24)17-7-6-16(12-23-17)19(20,21)22/h6-7,12,14-15H,3-5,8-11,13H2,1-2H3. The molecule has 1 aromatic heterocycles. The number of anilines is 1. The van der Waals surface area contributed by atoms with E-state index in [1.54, 1.807) is 0 Å². The van der Waals surface area contributed by atoms with Crippen LogP contribution >= 0.6 is 0 Å². The van der Waals surface area contributed by atoms with E-state index in [1.165, 1.54) is 12.5 Å². The third-order valence-corrected chi connectivity index (χ3v) is 5.61. The smallest absolute Gasteiger partial charge is 0.354 e. The van der Waals surface area contributed by atoms with Crippen molar-refractivity contribution in [2.75, 3.05) is 37.6 Å². The second-order valence-electron chi connectivity index (χ2n) is 7.60. The lowest BCUT2D eigenvalue weighted by atomic mass is 9.97. The Morgan fingerprint density at radius 1 is 1.11 bits per heavy atom. The Morgan fingerprint density at radius 2 is 1.74 bits per heavy atom. The highest BCUT2D eigenvalue weighted by molar-refractivity contribution is 5.79. The van der Waals surface area contributed by atoms with Gasteiger partial charge >= 0.3 is 6.18 Å². The predicted molar refractivity (Wildman–Crippen MR) is 97.5 cm³/mol. The fourth-order valence-electron chi connectivity index (χ4n) is 4.06. The van der Waals surface area contributed by atoms with Gasteiger partial charge in [0.15, 0.2) is 0 Å². The zero-order chi connectivity index (χ0) is 19.6. The summed E-state index contributed by atoms with van der Waals surface area (Å²) in [5.41, 5.74) is -0.736. The topological polar surface area (TPSA) is 39.7 Å². The molecule has 1 amide bonds. The largest absolute Gasteiger partial charge is 0.417 e. The summed E-state index contributed by atoms with van der Waals surface area (Å²) >= 11 is 0. The van der Waals surface area contributed by atoms with Gasteiger partial charge in [0.2, 0.25) is 5.91 Å². The minimum Gasteiger partial charge on any atom is -0.354 e. The number of carbonyl (C=O) groups is 1. The molecule has 1 aromatic rings. The summed E-state index contributed by atoms with van der Waals surface area (Å²) in [5, 5.41) is 0. The maximum Gasteiger partial charge on any atom is 0.417 e. The van der Waals surface area contributed by atoms with Crippen molar-refractivity contribution in [1.82, 2.24) is 14.8 Å². The molecule has 27 heavy (non-hydrogen) atoms. The average molecular weight is 384 g/mol. The first kappa shape index (κ1) is 19.9. The lowest BCUT2D eigenvalue weighted by Gasteiger charge is -2.41. The van der Waals surface area contributed by atoms with E-state index < -0.39 is 11.7 Å². The lowest BCUT2D eigenvalue weighted by Crippen LogP contribution is -2.54. The Balaban J connectivity index is 1.52. The van der Waals surface area contributed by atoms with Gasteiger partial charge < -0.3 is 9.80 Å². The van der Waals surface area contributed by atoms with Crippen LogP contribution in [0.15, 0.2) is 18.3 Å². The molecule has 0 aliphatic carbocycles. The van der Waals surface area contributed by atoms with Crippen molar-refractivity contribution in [3.8, 4) is 0 Å². The van der Waals surface area contributed by atoms with E-state index in [1.807, 2.05) is 9.80 Å². The minimum absolute atomic E-state index is 0.177. The van der Waals surface area contributed by atoms with Gasteiger partial charge in [-0.05, 0) is 45.2 Å². The van der Waals surface area contributed by atoms with E-state index in [0.717, 1.165) is 25.1 Å². The van der Waals surface area contributed by atoms with Crippen LogP contribution in [0.4, 0.5) is 19.0 Å². The first-order chi connectivity index (χ1) is 12.8. The molecule has 0 radical (unpaired) electrons. The average Bonchev–Trinajstić information content (AvgIpc) is 2.61. The normalized spacial score (nSPS) is 24.9. The maximum atomic E-state index is 12.7. The van der Waals surface area contributed by atoms with E-state index >= 15 is 0 Å². The molecule has 2 unspecified atom stereocenters. The van der Waals surface area contributed by atoms with Crippen LogP contribution in [0.25, 0.3) is 0 Å². The monoisotopic (exact) mass is 384 g/mol. The molecule has 8 heteroatoms. The molecule has 0 bridgehead atoms. The Hall–Kier alpha value is -1.83. The molecule has 5 nitrogen and oxygen atoms in total. The molecule has 0 spiro atoms. The molecule has 3 heterocycles. The Morgan fingerprint density at radius 3 is 2.26 bits per heavy atom. The van der Waals surface area contributed by atoms with Gasteiger partial charge in [-0.1, -0.05) is 0 Å². The van der Waals surface area contributed by atoms with Crippen LogP contribution < -0.4 is 4.90 Å². The van der Waals surface area contributed by atoms with Crippen molar-refractivity contribution >= 4 is 11.7 Å². The Kier molecular flexibility index (Phi) is 5.93. The van der Waals surface area contributed by atoms with Crippen LogP contribution in [0, 0.1) is 0 Å². The van der Waals surface area contributed by atoms with Crippen molar-refractivity contribution < 1.29 is 18.0 Å². The third kappa shape index (κ3) is 4.72. The van der Waals surface area contributed by atoms with Crippen LogP contribution in [0.1, 0.15) is 38.7 Å². The van der Waals surface area contributed by atoms with Gasteiger partial charge in [0, 0.05) is 44.5 Å². The van der Waals surface area contributed by atoms with Crippen molar-refractivity contribution in [2.24, 2.45) is 0 Å². The lowest BCUT2D eigenvalue weighted by molar-refractivity contribution is -0.139. The molecule has 2 fully saturated rings. The van der Waals surface area contributed by atoms with Crippen LogP contribution in [0.2, 0.25) is 0 Å². The molecule has 2 atom stereocenters. The van der Waals surface area contributed by atoms with Gasteiger partial charge in [-0.3, -0.25) is 9.69 Å². The van der Waals surface area contributed by atoms with E-state index in [0.29, 0.717) is 50.6 Å². The van der Waals surface area contributed by atoms with E-state index in [-0.39, 0.29) is 5.91 Å². The van der Waals surface area contributed by atoms with E-state index in [9.17, 15) is 18.0 Å². The fourth-order valence-corrected chi connectivity index (χ4v) is 4.06. The first-order valence-corrected chi connectivity index (χ1v) is 9.57. The summed E-state index contributed by atoms with van der Waals surface area (Å²) in [6.45, 7) is 7.33. The molecular formula is C19H27F3N4O. The number of amides is 1. The van der Waals surface area contributed by atoms with Gasteiger partial charge in [-0.25, -0.2) is 4.98 Å². The number of hydrogen-bond acceptors (Lipinski definition) is 4. The van der Waals surface area contributed by atoms with Gasteiger partial charge in [-0.2, -0.15) is 13.2 Å². The molecule has 0 N–H and O–H groups in total. The number of aromatic nitrogens is 1. The SMILES string of the molecule is CC1CCCC(C)N1C(=O)CN1CCN(c2ccc(C(F)(F)F)cn2)CC1. The van der Waals surface area contributed by atoms with Crippen LogP contribution in [-0.2, 0) is 11.0 Å². The molecular weight excluding hydrogens is 357 g/mol. The van der Waals surface area contributed by atoms with Gasteiger partial charge in [0.25, 0.3) is 0 Å². The van der Waals surface area contributed by atoms with Gasteiger partial charge in [0.1, 0.15) is 5.82 Å².